The zero-order valence-corrected chi connectivity index (χ0v) is 9.84. The molecule has 5 nitrogen and oxygen atoms in total. The molecule has 0 aromatic heterocycles. The van der Waals surface area contributed by atoms with Crippen LogP contribution in [0.15, 0.2) is 18.2 Å². The highest BCUT2D eigenvalue weighted by atomic mass is 19.4. The Hall–Kier alpha value is -2.25. The lowest BCUT2D eigenvalue weighted by Crippen LogP contribution is -2.36. The first-order chi connectivity index (χ1) is 8.69. The molecule has 0 saturated carbocycles. The fraction of sp³-hybridized carbons (Fsp3) is 0.273. The van der Waals surface area contributed by atoms with E-state index < -0.39 is 24.7 Å². The molecule has 0 radical (unpaired) electrons. The van der Waals surface area contributed by atoms with Gasteiger partial charge in [-0.1, -0.05) is 6.07 Å². The van der Waals surface area contributed by atoms with Crippen molar-refractivity contribution >= 4 is 17.7 Å². The van der Waals surface area contributed by atoms with Crippen LogP contribution in [0.3, 0.4) is 0 Å². The number of alkyl halides is 3. The van der Waals surface area contributed by atoms with Gasteiger partial charge in [-0.15, -0.1) is 0 Å². The smallest absolute Gasteiger partial charge is 0.405 e. The minimum atomic E-state index is -4.50. The minimum Gasteiger partial charge on any atom is -0.478 e. The van der Waals surface area contributed by atoms with E-state index in [4.69, 9.17) is 5.11 Å². The molecule has 0 aliphatic rings. The molecule has 0 bridgehead atoms. The standard InChI is InChI=1S/C11H11F3N2O3/c1-6-2-3-7(9(17)18)4-8(6)16-10(19)15-5-11(12,13)14/h2-4H,5H2,1H3,(H,17,18)(H2,15,16,19). The number of halogens is 3. The van der Waals surface area contributed by atoms with E-state index in [1.807, 2.05) is 0 Å². The highest BCUT2D eigenvalue weighted by Crippen LogP contribution is 2.17. The van der Waals surface area contributed by atoms with Crippen LogP contribution in [-0.4, -0.2) is 29.8 Å². The summed E-state index contributed by atoms with van der Waals surface area (Å²) in [5.41, 5.74) is 0.600. The number of benzene rings is 1. The summed E-state index contributed by atoms with van der Waals surface area (Å²) < 4.78 is 35.7. The lowest BCUT2D eigenvalue weighted by molar-refractivity contribution is -0.122. The van der Waals surface area contributed by atoms with Crippen molar-refractivity contribution in [1.29, 1.82) is 0 Å². The van der Waals surface area contributed by atoms with Crippen LogP contribution in [0.2, 0.25) is 0 Å². The summed E-state index contributed by atoms with van der Waals surface area (Å²) in [5.74, 6) is -1.20. The molecule has 0 fully saturated rings. The quantitative estimate of drug-likeness (QED) is 0.793. The van der Waals surface area contributed by atoms with E-state index in [-0.39, 0.29) is 11.3 Å². The number of amides is 2. The molecule has 1 aromatic rings. The first kappa shape index (κ1) is 14.8. The van der Waals surface area contributed by atoms with Crippen molar-refractivity contribution in [3.05, 3.63) is 29.3 Å². The van der Waals surface area contributed by atoms with Gasteiger partial charge in [0.25, 0.3) is 0 Å². The molecule has 0 aliphatic carbocycles. The molecule has 19 heavy (non-hydrogen) atoms. The van der Waals surface area contributed by atoms with E-state index >= 15 is 0 Å². The summed E-state index contributed by atoms with van der Waals surface area (Å²) >= 11 is 0. The fourth-order valence-corrected chi connectivity index (χ4v) is 1.24. The number of aryl methyl sites for hydroxylation is 1. The number of carbonyl (C=O) groups is 2. The predicted octanol–water partition coefficient (Wildman–Crippen LogP) is 2.38. The summed E-state index contributed by atoms with van der Waals surface area (Å²) in [6, 6.07) is 2.90. The predicted molar refractivity (Wildman–Crippen MR) is 61.2 cm³/mol. The third-order valence-corrected chi connectivity index (χ3v) is 2.18. The number of urea groups is 1. The van der Waals surface area contributed by atoms with Gasteiger partial charge in [0.2, 0.25) is 0 Å². The van der Waals surface area contributed by atoms with Crippen LogP contribution < -0.4 is 10.6 Å². The van der Waals surface area contributed by atoms with Gasteiger partial charge in [-0.2, -0.15) is 13.2 Å². The zero-order valence-electron chi connectivity index (χ0n) is 9.84. The van der Waals surface area contributed by atoms with E-state index in [1.54, 1.807) is 12.2 Å². The van der Waals surface area contributed by atoms with Crippen molar-refractivity contribution in [3.8, 4) is 0 Å². The van der Waals surface area contributed by atoms with Crippen LogP contribution in [0.5, 0.6) is 0 Å². The fourth-order valence-electron chi connectivity index (χ4n) is 1.24. The van der Waals surface area contributed by atoms with Gasteiger partial charge in [0, 0.05) is 5.69 Å². The first-order valence-corrected chi connectivity index (χ1v) is 5.14. The molecule has 0 spiro atoms. The van der Waals surface area contributed by atoms with E-state index in [0.717, 1.165) is 0 Å². The number of nitrogens with one attached hydrogen (secondary N) is 2. The molecule has 0 aliphatic heterocycles. The second kappa shape index (κ2) is 5.59. The molecule has 8 heteroatoms. The Bertz CT molecular complexity index is 500. The molecule has 3 N–H and O–H groups in total. The van der Waals surface area contributed by atoms with Gasteiger partial charge in [-0.05, 0) is 24.6 Å². The van der Waals surface area contributed by atoms with Crippen molar-refractivity contribution in [3.63, 3.8) is 0 Å². The molecule has 104 valence electrons. The number of carboxylic acid groups (broad SMARTS) is 1. The van der Waals surface area contributed by atoms with Gasteiger partial charge in [0.15, 0.2) is 0 Å². The van der Waals surface area contributed by atoms with Crippen molar-refractivity contribution in [2.24, 2.45) is 0 Å². The van der Waals surface area contributed by atoms with Gasteiger partial charge < -0.3 is 15.7 Å². The molecule has 0 saturated heterocycles. The summed E-state index contributed by atoms with van der Waals surface area (Å²) in [4.78, 5) is 22.0. The van der Waals surface area contributed by atoms with Crippen LogP contribution in [-0.2, 0) is 0 Å². The van der Waals surface area contributed by atoms with Gasteiger partial charge >= 0.3 is 18.2 Å². The van der Waals surface area contributed by atoms with E-state index in [0.29, 0.717) is 5.56 Å². The van der Waals surface area contributed by atoms with Crippen LogP contribution in [0.25, 0.3) is 0 Å². The average Bonchev–Trinajstić information content (AvgIpc) is 2.28. The summed E-state index contributed by atoms with van der Waals surface area (Å²) in [7, 11) is 0. The number of anilines is 1. The van der Waals surface area contributed by atoms with Gasteiger partial charge in [0.05, 0.1) is 5.56 Å². The van der Waals surface area contributed by atoms with E-state index in [2.05, 4.69) is 5.32 Å². The summed E-state index contributed by atoms with van der Waals surface area (Å²) in [5, 5.41) is 12.6. The lowest BCUT2D eigenvalue weighted by atomic mass is 10.1. The largest absolute Gasteiger partial charge is 0.478 e. The maximum absolute atomic E-state index is 11.9. The number of carboxylic acids is 1. The molecule has 0 unspecified atom stereocenters. The molecule has 2 amide bonds. The second-order valence-electron chi connectivity index (χ2n) is 3.76. The summed E-state index contributed by atoms with van der Waals surface area (Å²) in [6.45, 7) is 0.126. The van der Waals surface area contributed by atoms with Gasteiger partial charge in [0.1, 0.15) is 6.54 Å². The lowest BCUT2D eigenvalue weighted by Gasteiger charge is -2.11. The highest BCUT2D eigenvalue weighted by molar-refractivity contribution is 5.93. The maximum Gasteiger partial charge on any atom is 0.405 e. The van der Waals surface area contributed by atoms with Crippen molar-refractivity contribution in [2.75, 3.05) is 11.9 Å². The molecular formula is C11H11F3N2O3. The normalized spacial score (nSPS) is 10.9. The molecule has 0 atom stereocenters. The Morgan fingerprint density at radius 3 is 2.47 bits per heavy atom. The number of rotatable bonds is 3. The van der Waals surface area contributed by atoms with Crippen LogP contribution >= 0.6 is 0 Å². The third-order valence-electron chi connectivity index (χ3n) is 2.18. The Morgan fingerprint density at radius 2 is 1.95 bits per heavy atom. The van der Waals surface area contributed by atoms with Crippen molar-refractivity contribution in [2.45, 2.75) is 13.1 Å². The van der Waals surface area contributed by atoms with Crippen LogP contribution in [0.4, 0.5) is 23.7 Å². The number of carbonyl (C=O) groups excluding carboxylic acids is 1. The molecule has 1 rings (SSSR count). The van der Waals surface area contributed by atoms with E-state index in [1.165, 1.54) is 18.2 Å². The van der Waals surface area contributed by atoms with Crippen LogP contribution in [0, 0.1) is 6.92 Å². The van der Waals surface area contributed by atoms with Gasteiger partial charge in [-0.25, -0.2) is 9.59 Å². The maximum atomic E-state index is 11.9. The Kier molecular flexibility index (Phi) is 4.36. The number of hydrogen-bond donors (Lipinski definition) is 3. The monoisotopic (exact) mass is 276 g/mol. The second-order valence-corrected chi connectivity index (χ2v) is 3.76. The molecule has 1 aromatic carbocycles. The van der Waals surface area contributed by atoms with Crippen LogP contribution in [0.1, 0.15) is 15.9 Å². The highest BCUT2D eigenvalue weighted by Gasteiger charge is 2.27. The zero-order chi connectivity index (χ0) is 14.6. The third kappa shape index (κ3) is 4.86. The number of hydrogen-bond acceptors (Lipinski definition) is 2. The van der Waals surface area contributed by atoms with Crippen molar-refractivity contribution in [1.82, 2.24) is 5.32 Å². The minimum absolute atomic E-state index is 0.0725. The van der Waals surface area contributed by atoms with Crippen molar-refractivity contribution < 1.29 is 27.9 Å². The Labute approximate surface area is 106 Å². The first-order valence-electron chi connectivity index (χ1n) is 5.14. The average molecular weight is 276 g/mol. The Balaban J connectivity index is 2.73. The Morgan fingerprint density at radius 1 is 1.32 bits per heavy atom. The summed E-state index contributed by atoms with van der Waals surface area (Å²) in [6.07, 6.45) is -4.50. The number of aromatic carboxylic acids is 1. The van der Waals surface area contributed by atoms with Gasteiger partial charge in [-0.3, -0.25) is 0 Å². The SMILES string of the molecule is Cc1ccc(C(=O)O)cc1NC(=O)NCC(F)(F)F. The topological polar surface area (TPSA) is 78.4 Å². The molecule has 0 heterocycles. The van der Waals surface area contributed by atoms with E-state index in [9.17, 15) is 22.8 Å². The molecular weight excluding hydrogens is 265 g/mol.